The van der Waals surface area contributed by atoms with Gasteiger partial charge in [0.2, 0.25) is 0 Å². The van der Waals surface area contributed by atoms with Crippen LogP contribution in [0, 0.1) is 0 Å². The monoisotopic (exact) mass is 325 g/mol. The van der Waals surface area contributed by atoms with Gasteiger partial charge in [-0.1, -0.05) is 57.7 Å². The maximum Gasteiger partial charge on any atom is 0.119 e. The summed E-state index contributed by atoms with van der Waals surface area (Å²) in [5.41, 5.74) is 3.77. The minimum Gasteiger partial charge on any atom is -0.494 e. The van der Waals surface area contributed by atoms with E-state index in [1.54, 1.807) is 0 Å². The molecule has 1 aromatic heterocycles. The molecule has 0 aliphatic heterocycles. The van der Waals surface area contributed by atoms with E-state index in [4.69, 9.17) is 9.72 Å². The molecule has 1 aromatic carbocycles. The molecule has 0 saturated carbocycles. The normalized spacial score (nSPS) is 12.1. The molecule has 1 unspecified atom stereocenters. The van der Waals surface area contributed by atoms with Crippen LogP contribution in [-0.4, -0.2) is 11.6 Å². The van der Waals surface area contributed by atoms with E-state index in [0.717, 1.165) is 17.9 Å². The second-order valence-corrected chi connectivity index (χ2v) is 6.48. The molecule has 0 amide bonds. The van der Waals surface area contributed by atoms with E-state index in [9.17, 15) is 0 Å². The lowest BCUT2D eigenvalue weighted by Crippen LogP contribution is -2.00. The van der Waals surface area contributed by atoms with Crippen molar-refractivity contribution in [3.8, 4) is 5.75 Å². The third-order valence-corrected chi connectivity index (χ3v) is 4.55. The second-order valence-electron chi connectivity index (χ2n) is 6.48. The lowest BCUT2D eigenvalue weighted by molar-refractivity contribution is 0.340. The van der Waals surface area contributed by atoms with E-state index < -0.39 is 0 Å². The Labute approximate surface area is 147 Å². The highest BCUT2D eigenvalue weighted by atomic mass is 16.5. The summed E-state index contributed by atoms with van der Waals surface area (Å²) in [4.78, 5) is 4.70. The predicted molar refractivity (Wildman–Crippen MR) is 102 cm³/mol. The average molecular weight is 325 g/mol. The van der Waals surface area contributed by atoms with Gasteiger partial charge in [-0.25, -0.2) is 0 Å². The number of unbranched alkanes of at least 4 members (excludes halogenated alkanes) is 4. The molecule has 2 nitrogen and oxygen atoms in total. The Kier molecular flexibility index (Phi) is 7.81. The largest absolute Gasteiger partial charge is 0.494 e. The van der Waals surface area contributed by atoms with Crippen LogP contribution in [0.5, 0.6) is 5.75 Å². The van der Waals surface area contributed by atoms with Crippen molar-refractivity contribution < 1.29 is 4.74 Å². The third-order valence-electron chi connectivity index (χ3n) is 4.55. The Hall–Kier alpha value is -1.83. The maximum atomic E-state index is 5.51. The zero-order chi connectivity index (χ0) is 17.2. The minimum absolute atomic E-state index is 0.305. The molecule has 130 valence electrons. The van der Waals surface area contributed by atoms with Gasteiger partial charge in [0.25, 0.3) is 0 Å². The first kappa shape index (κ1) is 18.5. The van der Waals surface area contributed by atoms with Gasteiger partial charge < -0.3 is 4.74 Å². The molecule has 0 N–H and O–H groups in total. The first-order valence-electron chi connectivity index (χ1n) is 9.42. The van der Waals surface area contributed by atoms with Crippen LogP contribution in [0.3, 0.4) is 0 Å². The van der Waals surface area contributed by atoms with E-state index in [1.807, 2.05) is 19.1 Å². The van der Waals surface area contributed by atoms with Crippen molar-refractivity contribution in [3.05, 3.63) is 59.4 Å². The average Bonchev–Trinajstić information content (AvgIpc) is 2.62. The lowest BCUT2D eigenvalue weighted by atomic mass is 9.96. The molecular formula is C22H31NO. The highest BCUT2D eigenvalue weighted by Gasteiger charge is 2.10. The molecule has 1 atom stereocenters. The number of hydrogen-bond donors (Lipinski definition) is 0. The summed E-state index contributed by atoms with van der Waals surface area (Å²) in [5.74, 6) is 1.24. The SMILES string of the molecule is CCCCCCCc1ccc(C(C)c2ccc(OCC)cc2)nc1. The van der Waals surface area contributed by atoms with Gasteiger partial charge in [0.05, 0.1) is 6.61 Å². The fourth-order valence-electron chi connectivity index (χ4n) is 2.96. The molecule has 2 heteroatoms. The summed E-state index contributed by atoms with van der Waals surface area (Å²) in [6.45, 7) is 7.18. The lowest BCUT2D eigenvalue weighted by Gasteiger charge is -2.13. The zero-order valence-electron chi connectivity index (χ0n) is 15.4. The van der Waals surface area contributed by atoms with Crippen LogP contribution in [0.15, 0.2) is 42.6 Å². The van der Waals surface area contributed by atoms with Crippen LogP contribution >= 0.6 is 0 Å². The Morgan fingerprint density at radius 2 is 1.67 bits per heavy atom. The first-order valence-corrected chi connectivity index (χ1v) is 9.42. The molecule has 1 heterocycles. The summed E-state index contributed by atoms with van der Waals surface area (Å²) in [6.07, 6.45) is 9.83. The molecule has 24 heavy (non-hydrogen) atoms. The van der Waals surface area contributed by atoms with Crippen molar-refractivity contribution in [1.82, 2.24) is 4.98 Å². The first-order chi connectivity index (χ1) is 11.7. The maximum absolute atomic E-state index is 5.51. The van der Waals surface area contributed by atoms with E-state index >= 15 is 0 Å². The molecule has 0 fully saturated rings. The summed E-state index contributed by atoms with van der Waals surface area (Å²) >= 11 is 0. The van der Waals surface area contributed by atoms with Crippen LogP contribution < -0.4 is 4.74 Å². The summed E-state index contributed by atoms with van der Waals surface area (Å²) in [6, 6.07) is 12.8. The Morgan fingerprint density at radius 1 is 0.917 bits per heavy atom. The van der Waals surface area contributed by atoms with Gasteiger partial charge in [0, 0.05) is 17.8 Å². The van der Waals surface area contributed by atoms with Crippen LogP contribution in [0.1, 0.15) is 75.6 Å². The van der Waals surface area contributed by atoms with Gasteiger partial charge in [0.15, 0.2) is 0 Å². The molecular weight excluding hydrogens is 294 g/mol. The molecule has 0 saturated heterocycles. The van der Waals surface area contributed by atoms with Gasteiger partial charge in [-0.05, 0) is 49.1 Å². The highest BCUT2D eigenvalue weighted by molar-refractivity contribution is 5.33. The number of hydrogen-bond acceptors (Lipinski definition) is 2. The van der Waals surface area contributed by atoms with Crippen LogP contribution in [-0.2, 0) is 6.42 Å². The van der Waals surface area contributed by atoms with Gasteiger partial charge in [-0.15, -0.1) is 0 Å². The number of ether oxygens (including phenoxy) is 1. The smallest absolute Gasteiger partial charge is 0.119 e. The molecule has 2 rings (SSSR count). The van der Waals surface area contributed by atoms with Gasteiger partial charge in [-0.2, -0.15) is 0 Å². The number of rotatable bonds is 10. The molecule has 0 aliphatic carbocycles. The number of benzene rings is 1. The van der Waals surface area contributed by atoms with Gasteiger partial charge >= 0.3 is 0 Å². The fraction of sp³-hybridized carbons (Fsp3) is 0.500. The van der Waals surface area contributed by atoms with E-state index in [1.165, 1.54) is 43.2 Å². The van der Waals surface area contributed by atoms with Crippen molar-refractivity contribution in [2.24, 2.45) is 0 Å². The minimum atomic E-state index is 0.305. The Balaban J connectivity index is 1.89. The van der Waals surface area contributed by atoms with Crippen molar-refractivity contribution in [1.29, 1.82) is 0 Å². The van der Waals surface area contributed by atoms with E-state index in [-0.39, 0.29) is 0 Å². The summed E-state index contributed by atoms with van der Waals surface area (Å²) < 4.78 is 5.51. The number of nitrogens with zero attached hydrogens (tertiary/aromatic N) is 1. The van der Waals surface area contributed by atoms with E-state index in [0.29, 0.717) is 12.5 Å². The van der Waals surface area contributed by atoms with Gasteiger partial charge in [-0.3, -0.25) is 4.98 Å². The number of aromatic nitrogens is 1. The van der Waals surface area contributed by atoms with Crippen molar-refractivity contribution in [2.45, 2.75) is 65.2 Å². The second kappa shape index (κ2) is 10.1. The molecule has 0 bridgehead atoms. The molecule has 0 radical (unpaired) electrons. The summed E-state index contributed by atoms with van der Waals surface area (Å²) in [7, 11) is 0. The van der Waals surface area contributed by atoms with Crippen molar-refractivity contribution in [3.63, 3.8) is 0 Å². The Morgan fingerprint density at radius 3 is 2.29 bits per heavy atom. The topological polar surface area (TPSA) is 22.1 Å². The predicted octanol–water partition coefficient (Wildman–Crippen LogP) is 6.15. The van der Waals surface area contributed by atoms with Crippen molar-refractivity contribution >= 4 is 0 Å². The third kappa shape index (κ3) is 5.67. The fourth-order valence-corrected chi connectivity index (χ4v) is 2.96. The quantitative estimate of drug-likeness (QED) is 0.489. The Bertz CT molecular complexity index is 574. The number of pyridine rings is 1. The molecule has 2 aromatic rings. The standard InChI is InChI=1S/C22H31NO/c1-4-6-7-8-9-10-19-11-16-22(23-17-19)18(3)20-12-14-21(15-13-20)24-5-2/h11-18H,4-10H2,1-3H3. The number of aryl methyl sites for hydroxylation is 1. The van der Waals surface area contributed by atoms with Crippen LogP contribution in [0.4, 0.5) is 0 Å². The van der Waals surface area contributed by atoms with Crippen LogP contribution in [0.2, 0.25) is 0 Å². The summed E-state index contributed by atoms with van der Waals surface area (Å²) in [5, 5.41) is 0. The van der Waals surface area contributed by atoms with Crippen molar-refractivity contribution in [2.75, 3.05) is 6.61 Å². The molecule has 0 aliphatic rings. The van der Waals surface area contributed by atoms with E-state index in [2.05, 4.69) is 44.3 Å². The zero-order valence-corrected chi connectivity index (χ0v) is 15.4. The van der Waals surface area contributed by atoms with Gasteiger partial charge in [0.1, 0.15) is 5.75 Å². The van der Waals surface area contributed by atoms with Crippen LogP contribution in [0.25, 0.3) is 0 Å². The molecule has 0 spiro atoms. The highest BCUT2D eigenvalue weighted by Crippen LogP contribution is 2.24.